The van der Waals surface area contributed by atoms with E-state index in [-0.39, 0.29) is 0 Å². The zero-order valence-electron chi connectivity index (χ0n) is 17.9. The van der Waals surface area contributed by atoms with Crippen molar-refractivity contribution in [2.45, 2.75) is 13.8 Å². The van der Waals surface area contributed by atoms with Crippen LogP contribution in [0.5, 0.6) is 0 Å². The Kier molecular flexibility index (Phi) is 5.01. The SMILES string of the molecule is C/C=C\C(=C/C)n1c2ccccc2c2c(-c3ccccc3)cc(-c3ccccc3)cc21. The molecule has 0 aliphatic heterocycles. The molecule has 0 radical (unpaired) electrons. The molecule has 5 rings (SSSR count). The van der Waals surface area contributed by atoms with Gasteiger partial charge in [-0.2, -0.15) is 0 Å². The predicted octanol–water partition coefficient (Wildman–Crippen LogP) is 8.57. The third-order valence-corrected chi connectivity index (χ3v) is 5.86. The standard InChI is InChI=1S/C30H25N/c1-3-13-25(4-2)31-28-19-12-11-18-26(28)30-27(23-16-9-6-10-17-23)20-24(21-29(30)31)22-14-7-5-8-15-22/h3-21H,1-2H3/b13-3-,25-4+. The molecule has 4 aromatic carbocycles. The van der Waals surface area contributed by atoms with Crippen LogP contribution in [0.2, 0.25) is 0 Å². The summed E-state index contributed by atoms with van der Waals surface area (Å²) < 4.78 is 2.39. The van der Waals surface area contributed by atoms with E-state index in [0.717, 1.165) is 0 Å². The molecule has 0 saturated heterocycles. The van der Waals surface area contributed by atoms with Crippen molar-refractivity contribution in [3.63, 3.8) is 0 Å². The van der Waals surface area contributed by atoms with Crippen LogP contribution in [-0.4, -0.2) is 4.57 Å². The van der Waals surface area contributed by atoms with Crippen molar-refractivity contribution in [3.05, 3.63) is 115 Å². The van der Waals surface area contributed by atoms with Crippen LogP contribution in [0.25, 0.3) is 49.8 Å². The molecule has 1 aromatic heterocycles. The van der Waals surface area contributed by atoms with E-state index in [2.05, 4.69) is 134 Å². The molecular weight excluding hydrogens is 374 g/mol. The molecule has 5 aromatic rings. The van der Waals surface area contributed by atoms with Gasteiger partial charge >= 0.3 is 0 Å². The highest BCUT2D eigenvalue weighted by Crippen LogP contribution is 2.41. The maximum atomic E-state index is 2.39. The van der Waals surface area contributed by atoms with Crippen LogP contribution in [0.1, 0.15) is 13.8 Å². The third kappa shape index (κ3) is 3.29. The van der Waals surface area contributed by atoms with Gasteiger partial charge in [0, 0.05) is 16.5 Å². The number of allylic oxidation sites excluding steroid dienone is 4. The van der Waals surface area contributed by atoms with Crippen LogP contribution < -0.4 is 0 Å². The molecule has 0 saturated carbocycles. The van der Waals surface area contributed by atoms with Crippen molar-refractivity contribution in [2.75, 3.05) is 0 Å². The monoisotopic (exact) mass is 399 g/mol. The Morgan fingerprint density at radius 3 is 1.97 bits per heavy atom. The van der Waals surface area contributed by atoms with Gasteiger partial charge in [0.25, 0.3) is 0 Å². The largest absolute Gasteiger partial charge is 0.310 e. The van der Waals surface area contributed by atoms with Gasteiger partial charge in [-0.1, -0.05) is 91.0 Å². The van der Waals surface area contributed by atoms with Crippen molar-refractivity contribution in [2.24, 2.45) is 0 Å². The minimum Gasteiger partial charge on any atom is -0.310 e. The fourth-order valence-corrected chi connectivity index (χ4v) is 4.49. The number of aromatic nitrogens is 1. The second kappa shape index (κ2) is 8.12. The average Bonchev–Trinajstić information content (AvgIpc) is 3.17. The van der Waals surface area contributed by atoms with Gasteiger partial charge in [0.05, 0.1) is 11.0 Å². The second-order valence-corrected chi connectivity index (χ2v) is 7.72. The Bertz CT molecular complexity index is 1420. The lowest BCUT2D eigenvalue weighted by atomic mass is 9.94. The maximum absolute atomic E-state index is 2.39. The van der Waals surface area contributed by atoms with Crippen molar-refractivity contribution in [3.8, 4) is 22.3 Å². The van der Waals surface area contributed by atoms with E-state index in [9.17, 15) is 0 Å². The number of hydrogen-bond donors (Lipinski definition) is 0. The fraction of sp³-hybridized carbons (Fsp3) is 0.0667. The number of benzene rings is 4. The Morgan fingerprint density at radius 1 is 0.645 bits per heavy atom. The second-order valence-electron chi connectivity index (χ2n) is 7.72. The zero-order valence-corrected chi connectivity index (χ0v) is 17.9. The van der Waals surface area contributed by atoms with Crippen LogP contribution in [0.3, 0.4) is 0 Å². The number of para-hydroxylation sites is 1. The summed E-state index contributed by atoms with van der Waals surface area (Å²) in [7, 11) is 0. The quantitative estimate of drug-likeness (QED) is 0.267. The molecule has 0 fully saturated rings. The van der Waals surface area contributed by atoms with E-state index in [4.69, 9.17) is 0 Å². The summed E-state index contributed by atoms with van der Waals surface area (Å²) in [5.41, 5.74) is 8.60. The number of fused-ring (bicyclic) bond motifs is 3. The molecule has 0 aliphatic rings. The van der Waals surface area contributed by atoms with Crippen LogP contribution >= 0.6 is 0 Å². The highest BCUT2D eigenvalue weighted by molar-refractivity contribution is 6.17. The predicted molar refractivity (Wildman–Crippen MR) is 135 cm³/mol. The van der Waals surface area contributed by atoms with Gasteiger partial charge in [-0.3, -0.25) is 0 Å². The third-order valence-electron chi connectivity index (χ3n) is 5.86. The molecular formula is C30H25N. The van der Waals surface area contributed by atoms with E-state index >= 15 is 0 Å². The summed E-state index contributed by atoms with van der Waals surface area (Å²) in [6, 6.07) is 34.8. The van der Waals surface area contributed by atoms with Gasteiger partial charge < -0.3 is 4.57 Å². The van der Waals surface area contributed by atoms with E-state index in [1.807, 2.05) is 0 Å². The zero-order chi connectivity index (χ0) is 21.2. The number of hydrogen-bond acceptors (Lipinski definition) is 0. The Labute approximate surface area is 183 Å². The van der Waals surface area contributed by atoms with Gasteiger partial charge in [-0.05, 0) is 60.4 Å². The molecule has 150 valence electrons. The first kappa shape index (κ1) is 19.1. The number of nitrogens with zero attached hydrogens (tertiary/aromatic N) is 1. The molecule has 1 heteroatoms. The average molecular weight is 400 g/mol. The molecule has 0 amide bonds. The van der Waals surface area contributed by atoms with Crippen LogP contribution in [0.15, 0.2) is 115 Å². The summed E-state index contributed by atoms with van der Waals surface area (Å²) >= 11 is 0. The molecule has 0 bridgehead atoms. The molecule has 0 atom stereocenters. The van der Waals surface area contributed by atoms with Gasteiger partial charge in [-0.15, -0.1) is 0 Å². The first-order valence-corrected chi connectivity index (χ1v) is 10.8. The molecule has 1 heterocycles. The summed E-state index contributed by atoms with van der Waals surface area (Å²) in [6.07, 6.45) is 6.47. The summed E-state index contributed by atoms with van der Waals surface area (Å²) in [5, 5.41) is 2.57. The highest BCUT2D eigenvalue weighted by Gasteiger charge is 2.17. The number of rotatable bonds is 4. The lowest BCUT2D eigenvalue weighted by molar-refractivity contribution is 1.23. The normalized spacial score (nSPS) is 12.3. The minimum atomic E-state index is 1.18. The van der Waals surface area contributed by atoms with Crippen molar-refractivity contribution in [1.82, 2.24) is 4.57 Å². The van der Waals surface area contributed by atoms with E-state index in [0.29, 0.717) is 0 Å². The van der Waals surface area contributed by atoms with Gasteiger partial charge in [0.2, 0.25) is 0 Å². The van der Waals surface area contributed by atoms with Gasteiger partial charge in [0.15, 0.2) is 0 Å². The molecule has 0 N–H and O–H groups in total. The van der Waals surface area contributed by atoms with E-state index in [1.165, 1.54) is 49.8 Å². The Morgan fingerprint density at radius 2 is 1.29 bits per heavy atom. The summed E-state index contributed by atoms with van der Waals surface area (Å²) in [5.74, 6) is 0. The van der Waals surface area contributed by atoms with Crippen LogP contribution in [0, 0.1) is 0 Å². The van der Waals surface area contributed by atoms with E-state index in [1.54, 1.807) is 0 Å². The topological polar surface area (TPSA) is 4.93 Å². The van der Waals surface area contributed by atoms with Crippen LogP contribution in [0.4, 0.5) is 0 Å². The Hall–Kier alpha value is -3.84. The summed E-state index contributed by atoms with van der Waals surface area (Å²) in [6.45, 7) is 4.18. The van der Waals surface area contributed by atoms with Gasteiger partial charge in [0.1, 0.15) is 0 Å². The molecule has 31 heavy (non-hydrogen) atoms. The maximum Gasteiger partial charge on any atom is 0.0553 e. The first-order chi connectivity index (χ1) is 15.3. The smallest absolute Gasteiger partial charge is 0.0553 e. The highest BCUT2D eigenvalue weighted by atomic mass is 15.0. The van der Waals surface area contributed by atoms with Crippen LogP contribution in [-0.2, 0) is 0 Å². The van der Waals surface area contributed by atoms with Crippen molar-refractivity contribution < 1.29 is 0 Å². The molecule has 0 aliphatic carbocycles. The van der Waals surface area contributed by atoms with Crippen molar-refractivity contribution >= 4 is 27.5 Å². The minimum absolute atomic E-state index is 1.18. The first-order valence-electron chi connectivity index (χ1n) is 10.8. The van der Waals surface area contributed by atoms with Crippen molar-refractivity contribution in [1.29, 1.82) is 0 Å². The molecule has 1 nitrogen and oxygen atoms in total. The lowest BCUT2D eigenvalue weighted by Crippen LogP contribution is -1.95. The Balaban J connectivity index is 1.98. The fourth-order valence-electron chi connectivity index (χ4n) is 4.49. The lowest BCUT2D eigenvalue weighted by Gasteiger charge is -2.12. The molecule has 0 spiro atoms. The summed E-state index contributed by atoms with van der Waals surface area (Å²) in [4.78, 5) is 0. The van der Waals surface area contributed by atoms with E-state index < -0.39 is 0 Å². The van der Waals surface area contributed by atoms with Gasteiger partial charge in [-0.25, -0.2) is 0 Å². The molecule has 0 unspecified atom stereocenters.